The number of aliphatic hydroxyl groups is 1. The van der Waals surface area contributed by atoms with Gasteiger partial charge in [-0.3, -0.25) is 4.90 Å². The standard InChI is InChI=1S/C8H13NO2.BrH/c1-9-5-2-4-3-6(9)8(11-4)7(5)10;/h4-8,10H,2-3H2,1H3;1H/t4-,5-,6-,7-,8+;/m1./s1. The molecular weight excluding hydrogens is 222 g/mol. The Kier molecular flexibility index (Phi) is 1.99. The Morgan fingerprint density at radius 2 is 2.00 bits per heavy atom. The van der Waals surface area contributed by atoms with E-state index in [1.807, 2.05) is 0 Å². The fourth-order valence-electron chi connectivity index (χ4n) is 2.91. The van der Waals surface area contributed by atoms with E-state index < -0.39 is 0 Å². The maximum atomic E-state index is 9.71. The van der Waals surface area contributed by atoms with E-state index in [2.05, 4.69) is 11.9 Å². The Bertz CT molecular complexity index is 179. The highest BCUT2D eigenvalue weighted by molar-refractivity contribution is 8.93. The molecule has 4 fully saturated rings. The quantitative estimate of drug-likeness (QED) is 0.650. The lowest BCUT2D eigenvalue weighted by Crippen LogP contribution is -2.44. The maximum Gasteiger partial charge on any atom is 0.101 e. The van der Waals surface area contributed by atoms with Crippen molar-refractivity contribution < 1.29 is 9.84 Å². The summed E-state index contributed by atoms with van der Waals surface area (Å²) in [5.41, 5.74) is 0. The van der Waals surface area contributed by atoms with E-state index >= 15 is 0 Å². The van der Waals surface area contributed by atoms with Crippen molar-refractivity contribution in [2.24, 2.45) is 0 Å². The summed E-state index contributed by atoms with van der Waals surface area (Å²) >= 11 is 0. The van der Waals surface area contributed by atoms with Gasteiger partial charge in [0.2, 0.25) is 0 Å². The van der Waals surface area contributed by atoms with Crippen LogP contribution in [0.2, 0.25) is 0 Å². The molecule has 0 radical (unpaired) electrons. The molecule has 4 saturated heterocycles. The molecule has 0 aromatic carbocycles. The zero-order chi connectivity index (χ0) is 7.59. The molecule has 0 aromatic heterocycles. The first kappa shape index (κ1) is 8.94. The summed E-state index contributed by atoms with van der Waals surface area (Å²) in [5, 5.41) is 9.71. The number of hydrogen-bond acceptors (Lipinski definition) is 3. The molecule has 5 atom stereocenters. The topological polar surface area (TPSA) is 32.7 Å². The van der Waals surface area contributed by atoms with Crippen LogP contribution >= 0.6 is 17.0 Å². The zero-order valence-corrected chi connectivity index (χ0v) is 8.72. The average Bonchev–Trinajstić information content (AvgIpc) is 2.39. The Morgan fingerprint density at radius 1 is 1.33 bits per heavy atom. The number of ether oxygens (including phenoxy) is 1. The van der Waals surface area contributed by atoms with Gasteiger partial charge in [-0.05, 0) is 19.9 Å². The Balaban J connectivity index is 0.000000563. The Hall–Kier alpha value is 0.360. The van der Waals surface area contributed by atoms with Gasteiger partial charge in [0.1, 0.15) is 6.10 Å². The second kappa shape index (κ2) is 2.67. The lowest BCUT2D eigenvalue weighted by Gasteiger charge is -2.33. The van der Waals surface area contributed by atoms with Crippen LogP contribution in [-0.2, 0) is 4.74 Å². The first-order chi connectivity index (χ1) is 5.27. The van der Waals surface area contributed by atoms with Gasteiger partial charge in [-0.15, -0.1) is 17.0 Å². The van der Waals surface area contributed by atoms with Crippen molar-refractivity contribution in [1.29, 1.82) is 0 Å². The minimum atomic E-state index is -0.219. The van der Waals surface area contributed by atoms with Crippen LogP contribution in [0.15, 0.2) is 0 Å². The SMILES string of the molecule is Br.CN1[C@@H]2C[C@@H]3C[C@@H]1[C@H](O3)[C@@H]2O. The van der Waals surface area contributed by atoms with Crippen LogP contribution in [0.3, 0.4) is 0 Å². The third-order valence-corrected chi connectivity index (χ3v) is 3.51. The molecular formula is C8H14BrNO2. The third-order valence-electron chi connectivity index (χ3n) is 3.51. The lowest BCUT2D eigenvalue weighted by molar-refractivity contribution is -0.0758. The van der Waals surface area contributed by atoms with Gasteiger partial charge < -0.3 is 9.84 Å². The van der Waals surface area contributed by atoms with Crippen LogP contribution in [0.4, 0.5) is 0 Å². The summed E-state index contributed by atoms with van der Waals surface area (Å²) in [7, 11) is 2.10. The van der Waals surface area contributed by atoms with Gasteiger partial charge in [-0.1, -0.05) is 0 Å². The molecule has 4 heteroatoms. The van der Waals surface area contributed by atoms with E-state index in [-0.39, 0.29) is 29.2 Å². The number of halogens is 1. The molecule has 0 amide bonds. The third kappa shape index (κ3) is 0.867. The number of nitrogens with zero attached hydrogens (tertiary/aromatic N) is 1. The van der Waals surface area contributed by atoms with E-state index in [1.165, 1.54) is 0 Å². The van der Waals surface area contributed by atoms with Crippen LogP contribution in [0, 0.1) is 0 Å². The summed E-state index contributed by atoms with van der Waals surface area (Å²) in [6, 6.07) is 0.895. The first-order valence-corrected chi connectivity index (χ1v) is 4.33. The van der Waals surface area contributed by atoms with Crippen molar-refractivity contribution in [3.63, 3.8) is 0 Å². The van der Waals surface area contributed by atoms with E-state index in [4.69, 9.17) is 4.74 Å². The number of aliphatic hydroxyl groups excluding tert-OH is 1. The fraction of sp³-hybridized carbons (Fsp3) is 1.00. The molecule has 70 valence electrons. The van der Waals surface area contributed by atoms with Gasteiger partial charge in [-0.25, -0.2) is 0 Å². The lowest BCUT2D eigenvalue weighted by atomic mass is 10.0. The van der Waals surface area contributed by atoms with Crippen molar-refractivity contribution in [2.75, 3.05) is 7.05 Å². The van der Waals surface area contributed by atoms with Crippen molar-refractivity contribution in [3.8, 4) is 0 Å². The summed E-state index contributed by atoms with van der Waals surface area (Å²) in [4.78, 5) is 2.29. The Labute approximate surface area is 82.5 Å². The van der Waals surface area contributed by atoms with Crippen molar-refractivity contribution in [1.82, 2.24) is 4.90 Å². The molecule has 0 aromatic rings. The predicted octanol–water partition coefficient (Wildman–Crippen LogP) is 0.169. The second-order valence-electron chi connectivity index (χ2n) is 3.98. The van der Waals surface area contributed by atoms with E-state index in [0.29, 0.717) is 18.2 Å². The van der Waals surface area contributed by atoms with Gasteiger partial charge >= 0.3 is 0 Å². The van der Waals surface area contributed by atoms with Crippen molar-refractivity contribution in [3.05, 3.63) is 0 Å². The smallest absolute Gasteiger partial charge is 0.101 e. The minimum Gasteiger partial charge on any atom is -0.389 e. The molecule has 4 aliphatic heterocycles. The molecule has 4 heterocycles. The first-order valence-electron chi connectivity index (χ1n) is 4.33. The Morgan fingerprint density at radius 3 is 2.58 bits per heavy atom. The van der Waals surface area contributed by atoms with Crippen LogP contribution in [-0.4, -0.2) is 47.4 Å². The molecule has 4 rings (SSSR count). The number of piperidine rings is 1. The minimum absolute atomic E-state index is 0. The summed E-state index contributed by atoms with van der Waals surface area (Å²) in [6.45, 7) is 0. The molecule has 0 saturated carbocycles. The molecule has 0 aliphatic carbocycles. The van der Waals surface area contributed by atoms with E-state index in [1.54, 1.807) is 0 Å². The van der Waals surface area contributed by atoms with E-state index in [9.17, 15) is 5.11 Å². The van der Waals surface area contributed by atoms with Gasteiger partial charge in [0.05, 0.1) is 12.2 Å². The number of likely N-dealkylation sites (N-methyl/N-ethyl adjacent to an activating group) is 1. The summed E-state index contributed by atoms with van der Waals surface area (Å²) < 4.78 is 5.64. The highest BCUT2D eigenvalue weighted by Gasteiger charge is 2.57. The highest BCUT2D eigenvalue weighted by atomic mass is 79.9. The molecule has 3 nitrogen and oxygen atoms in total. The molecule has 12 heavy (non-hydrogen) atoms. The average molecular weight is 236 g/mol. The maximum absolute atomic E-state index is 9.71. The van der Waals surface area contributed by atoms with E-state index in [0.717, 1.165) is 12.8 Å². The highest BCUT2D eigenvalue weighted by Crippen LogP contribution is 2.44. The molecule has 4 aliphatic rings. The van der Waals surface area contributed by atoms with Crippen molar-refractivity contribution >= 4 is 17.0 Å². The van der Waals surface area contributed by atoms with Crippen LogP contribution in [0.1, 0.15) is 12.8 Å². The summed E-state index contributed by atoms with van der Waals surface area (Å²) in [6.07, 6.45) is 2.53. The number of rotatable bonds is 0. The monoisotopic (exact) mass is 235 g/mol. The second-order valence-corrected chi connectivity index (χ2v) is 3.98. The zero-order valence-electron chi connectivity index (χ0n) is 7.01. The van der Waals surface area contributed by atoms with Crippen LogP contribution in [0.5, 0.6) is 0 Å². The normalized spacial score (nSPS) is 56.0. The largest absolute Gasteiger partial charge is 0.389 e. The summed E-state index contributed by atoms with van der Waals surface area (Å²) in [5.74, 6) is 0. The molecule has 0 unspecified atom stereocenters. The molecule has 4 bridgehead atoms. The fourth-order valence-corrected chi connectivity index (χ4v) is 2.91. The van der Waals surface area contributed by atoms with Crippen LogP contribution < -0.4 is 0 Å². The van der Waals surface area contributed by atoms with Crippen molar-refractivity contribution in [2.45, 2.75) is 43.2 Å². The van der Waals surface area contributed by atoms with Gasteiger partial charge in [0.25, 0.3) is 0 Å². The molecule has 1 N–H and O–H groups in total. The van der Waals surface area contributed by atoms with Gasteiger partial charge in [-0.2, -0.15) is 0 Å². The number of hydrogen-bond donors (Lipinski definition) is 1. The van der Waals surface area contributed by atoms with Gasteiger partial charge in [0, 0.05) is 12.1 Å². The van der Waals surface area contributed by atoms with Gasteiger partial charge in [0.15, 0.2) is 0 Å². The predicted molar refractivity (Wildman–Crippen MR) is 49.6 cm³/mol. The van der Waals surface area contributed by atoms with Crippen LogP contribution in [0.25, 0.3) is 0 Å². The molecule has 0 spiro atoms.